The largest absolute Gasteiger partial charge is 0.481 e. The summed E-state index contributed by atoms with van der Waals surface area (Å²) in [5, 5.41) is 17.0. The maximum atomic E-state index is 12.4. The summed E-state index contributed by atoms with van der Waals surface area (Å²) >= 11 is 0. The van der Waals surface area contributed by atoms with Crippen molar-refractivity contribution in [2.45, 2.75) is 25.3 Å². The Labute approximate surface area is 174 Å². The third-order valence-electron chi connectivity index (χ3n) is 5.20. The molecule has 30 heavy (non-hydrogen) atoms. The van der Waals surface area contributed by atoms with Crippen LogP contribution in [-0.2, 0) is 19.2 Å². The number of carboxylic acids is 1. The molecule has 3 rings (SSSR count). The lowest BCUT2D eigenvalue weighted by molar-refractivity contribution is -0.137. The Morgan fingerprint density at radius 1 is 1.10 bits per heavy atom. The quantitative estimate of drug-likeness (QED) is 0.433. The lowest BCUT2D eigenvalue weighted by Gasteiger charge is -2.33. The molecule has 162 valence electrons. The fourth-order valence-corrected chi connectivity index (χ4v) is 3.55. The molecule has 10 heteroatoms. The van der Waals surface area contributed by atoms with Crippen LogP contribution in [0.3, 0.4) is 0 Å². The van der Waals surface area contributed by atoms with Gasteiger partial charge < -0.3 is 20.6 Å². The van der Waals surface area contributed by atoms with Crippen molar-refractivity contribution in [3.05, 3.63) is 24.3 Å². The van der Waals surface area contributed by atoms with Gasteiger partial charge in [0.25, 0.3) is 0 Å². The fraction of sp³-hybridized carbons (Fsp3) is 0.500. The minimum Gasteiger partial charge on any atom is -0.481 e. The van der Waals surface area contributed by atoms with Crippen LogP contribution in [-0.4, -0.2) is 83.9 Å². The van der Waals surface area contributed by atoms with Gasteiger partial charge in [-0.2, -0.15) is 0 Å². The number of amides is 3. The van der Waals surface area contributed by atoms with Crippen molar-refractivity contribution in [2.24, 2.45) is 0 Å². The first kappa shape index (κ1) is 21.7. The highest BCUT2D eigenvalue weighted by molar-refractivity contribution is 6.01. The van der Waals surface area contributed by atoms with Crippen LogP contribution in [0.2, 0.25) is 0 Å². The van der Waals surface area contributed by atoms with Crippen LogP contribution >= 0.6 is 0 Å². The zero-order chi connectivity index (χ0) is 21.5. The molecule has 3 amide bonds. The number of nitrogens with one attached hydrogen (secondary N) is 3. The Bertz CT molecular complexity index is 807. The Morgan fingerprint density at radius 3 is 2.50 bits per heavy atom. The number of hydrogen-bond donors (Lipinski definition) is 4. The lowest BCUT2D eigenvalue weighted by Crippen LogP contribution is -2.49. The van der Waals surface area contributed by atoms with Crippen molar-refractivity contribution in [1.82, 2.24) is 15.1 Å². The van der Waals surface area contributed by atoms with Gasteiger partial charge in [0.05, 0.1) is 13.0 Å². The second kappa shape index (κ2) is 10.2. The van der Waals surface area contributed by atoms with Crippen LogP contribution in [0.4, 0.5) is 11.4 Å². The first-order chi connectivity index (χ1) is 14.4. The van der Waals surface area contributed by atoms with Crippen molar-refractivity contribution < 1.29 is 24.3 Å². The molecule has 0 bridgehead atoms. The standard InChI is InChI=1S/C20H27N5O5/c26-17-5-4-16(20(30)23-17)21-14-2-1-3-15(12-14)22-18(27)13-25-10-8-24(9-11-25)7-6-19(28)29/h1-3,12,16,21H,4-11,13H2,(H,22,27)(H,28,29)(H,23,26,30). The van der Waals surface area contributed by atoms with Gasteiger partial charge in [-0.05, 0) is 24.6 Å². The first-order valence-corrected chi connectivity index (χ1v) is 10.1. The molecule has 0 aromatic heterocycles. The smallest absolute Gasteiger partial charge is 0.304 e. The highest BCUT2D eigenvalue weighted by Crippen LogP contribution is 2.18. The number of imide groups is 1. The van der Waals surface area contributed by atoms with Crippen LogP contribution in [0.5, 0.6) is 0 Å². The number of aliphatic carboxylic acids is 1. The number of carboxylic acid groups (broad SMARTS) is 1. The van der Waals surface area contributed by atoms with E-state index in [1.807, 2.05) is 4.90 Å². The number of benzene rings is 1. The predicted octanol–water partition coefficient (Wildman–Crippen LogP) is -0.0655. The lowest BCUT2D eigenvalue weighted by atomic mass is 10.1. The molecule has 4 N–H and O–H groups in total. The number of piperazine rings is 1. The fourth-order valence-electron chi connectivity index (χ4n) is 3.55. The van der Waals surface area contributed by atoms with Gasteiger partial charge in [0.15, 0.2) is 0 Å². The SMILES string of the molecule is O=C(O)CCN1CCN(CC(=O)Nc2cccc(NC3CCC(=O)NC3=O)c2)CC1. The van der Waals surface area contributed by atoms with Crippen LogP contribution in [0.1, 0.15) is 19.3 Å². The highest BCUT2D eigenvalue weighted by Gasteiger charge is 2.26. The maximum Gasteiger partial charge on any atom is 0.304 e. The molecule has 1 aromatic rings. The van der Waals surface area contributed by atoms with E-state index in [1.165, 1.54) is 0 Å². The zero-order valence-electron chi connectivity index (χ0n) is 16.7. The normalized spacial score (nSPS) is 20.5. The second-order valence-corrected chi connectivity index (χ2v) is 7.54. The van der Waals surface area contributed by atoms with Gasteiger partial charge in [-0.15, -0.1) is 0 Å². The predicted molar refractivity (Wildman–Crippen MR) is 110 cm³/mol. The number of rotatable bonds is 8. The molecule has 0 spiro atoms. The van der Waals surface area contributed by atoms with Crippen LogP contribution < -0.4 is 16.0 Å². The molecule has 0 saturated carbocycles. The van der Waals surface area contributed by atoms with Gasteiger partial charge >= 0.3 is 5.97 Å². The van der Waals surface area contributed by atoms with Gasteiger partial charge in [-0.1, -0.05) is 6.07 Å². The van der Waals surface area contributed by atoms with Crippen LogP contribution in [0.15, 0.2) is 24.3 Å². The van der Waals surface area contributed by atoms with E-state index in [0.717, 1.165) is 13.1 Å². The number of hydrogen-bond acceptors (Lipinski definition) is 7. The summed E-state index contributed by atoms with van der Waals surface area (Å²) in [6.07, 6.45) is 0.854. The minimum atomic E-state index is -0.800. The summed E-state index contributed by atoms with van der Waals surface area (Å²) in [6, 6.07) is 6.63. The van der Waals surface area contributed by atoms with E-state index in [2.05, 4.69) is 20.9 Å². The van der Waals surface area contributed by atoms with Gasteiger partial charge in [0.1, 0.15) is 6.04 Å². The number of carbonyl (C=O) groups excluding carboxylic acids is 3. The number of piperidine rings is 1. The summed E-state index contributed by atoms with van der Waals surface area (Å²) in [7, 11) is 0. The third kappa shape index (κ3) is 6.53. The molecule has 2 aliphatic rings. The molecule has 1 atom stereocenters. The van der Waals surface area contributed by atoms with Gasteiger partial charge in [-0.3, -0.25) is 29.4 Å². The van der Waals surface area contributed by atoms with E-state index < -0.39 is 12.0 Å². The molecule has 2 heterocycles. The molecule has 2 aliphatic heterocycles. The van der Waals surface area contributed by atoms with E-state index in [1.54, 1.807) is 24.3 Å². The topological polar surface area (TPSA) is 131 Å². The average molecular weight is 417 g/mol. The van der Waals surface area contributed by atoms with Gasteiger partial charge in [0, 0.05) is 50.5 Å². The van der Waals surface area contributed by atoms with Crippen LogP contribution in [0.25, 0.3) is 0 Å². The number of carbonyl (C=O) groups is 4. The van der Waals surface area contributed by atoms with Crippen molar-refractivity contribution in [3.63, 3.8) is 0 Å². The summed E-state index contributed by atoms with van der Waals surface area (Å²) in [5.74, 6) is -1.54. The van der Waals surface area contributed by atoms with E-state index in [4.69, 9.17) is 5.11 Å². The summed E-state index contributed by atoms with van der Waals surface area (Å²) in [5.41, 5.74) is 1.31. The average Bonchev–Trinajstić information content (AvgIpc) is 2.70. The third-order valence-corrected chi connectivity index (χ3v) is 5.20. The Balaban J connectivity index is 1.44. The Morgan fingerprint density at radius 2 is 1.80 bits per heavy atom. The molecule has 1 aromatic carbocycles. The molecule has 10 nitrogen and oxygen atoms in total. The van der Waals surface area contributed by atoms with Crippen molar-refractivity contribution in [3.8, 4) is 0 Å². The molecule has 2 fully saturated rings. The Kier molecular flexibility index (Phi) is 7.36. The summed E-state index contributed by atoms with van der Waals surface area (Å²) in [6.45, 7) is 3.70. The molecule has 0 radical (unpaired) electrons. The maximum absolute atomic E-state index is 12.4. The summed E-state index contributed by atoms with van der Waals surface area (Å²) in [4.78, 5) is 50.3. The van der Waals surface area contributed by atoms with E-state index >= 15 is 0 Å². The Hall–Kier alpha value is -2.98. The summed E-state index contributed by atoms with van der Waals surface area (Å²) < 4.78 is 0. The monoisotopic (exact) mass is 417 g/mol. The second-order valence-electron chi connectivity index (χ2n) is 7.54. The van der Waals surface area contributed by atoms with Crippen molar-refractivity contribution in [1.29, 1.82) is 0 Å². The minimum absolute atomic E-state index is 0.129. The van der Waals surface area contributed by atoms with Gasteiger partial charge in [-0.25, -0.2) is 0 Å². The van der Waals surface area contributed by atoms with Crippen LogP contribution in [0, 0.1) is 0 Å². The van der Waals surface area contributed by atoms with E-state index in [0.29, 0.717) is 43.9 Å². The molecule has 2 saturated heterocycles. The van der Waals surface area contributed by atoms with E-state index in [-0.39, 0.29) is 30.7 Å². The molecule has 0 aliphatic carbocycles. The number of nitrogens with zero attached hydrogens (tertiary/aromatic N) is 2. The number of anilines is 2. The first-order valence-electron chi connectivity index (χ1n) is 10.1. The van der Waals surface area contributed by atoms with Crippen molar-refractivity contribution in [2.75, 3.05) is 49.9 Å². The molecular formula is C20H27N5O5. The molecular weight excluding hydrogens is 390 g/mol. The van der Waals surface area contributed by atoms with Gasteiger partial charge in [0.2, 0.25) is 17.7 Å². The molecule has 1 unspecified atom stereocenters. The van der Waals surface area contributed by atoms with E-state index in [9.17, 15) is 19.2 Å². The zero-order valence-corrected chi connectivity index (χ0v) is 16.7. The highest BCUT2D eigenvalue weighted by atomic mass is 16.4. The van der Waals surface area contributed by atoms with Crippen molar-refractivity contribution >= 4 is 35.1 Å².